The summed E-state index contributed by atoms with van der Waals surface area (Å²) in [5.41, 5.74) is 1.54. The van der Waals surface area contributed by atoms with Gasteiger partial charge in [-0.25, -0.2) is 4.98 Å². The van der Waals surface area contributed by atoms with E-state index in [-0.39, 0.29) is 24.8 Å². The molecule has 1 aliphatic heterocycles. The Kier molecular flexibility index (Phi) is 8.05. The summed E-state index contributed by atoms with van der Waals surface area (Å²) in [5, 5.41) is 3.50. The van der Waals surface area contributed by atoms with E-state index in [2.05, 4.69) is 15.2 Å². The van der Waals surface area contributed by atoms with Gasteiger partial charge in [-0.05, 0) is 54.1 Å². The number of nitrogens with zero attached hydrogens (tertiary/aromatic N) is 3. The van der Waals surface area contributed by atoms with E-state index in [0.717, 1.165) is 17.1 Å². The average molecular weight is 495 g/mol. The van der Waals surface area contributed by atoms with Crippen molar-refractivity contribution >= 4 is 34.9 Å². The smallest absolute Gasteiger partial charge is 0.260 e. The summed E-state index contributed by atoms with van der Waals surface area (Å²) in [6.45, 7) is 2.51. The van der Waals surface area contributed by atoms with Gasteiger partial charge in [-0.3, -0.25) is 9.59 Å². The second kappa shape index (κ2) is 11.6. The van der Waals surface area contributed by atoms with Crippen LogP contribution in [0.1, 0.15) is 5.56 Å². The van der Waals surface area contributed by atoms with Crippen molar-refractivity contribution in [2.75, 3.05) is 50.1 Å². The first-order chi connectivity index (χ1) is 17.0. The van der Waals surface area contributed by atoms with Crippen molar-refractivity contribution in [3.63, 3.8) is 0 Å². The van der Waals surface area contributed by atoms with Gasteiger partial charge in [-0.2, -0.15) is 0 Å². The molecule has 1 N–H and O–H groups in total. The molecule has 2 amide bonds. The molecule has 9 heteroatoms. The number of amides is 2. The fraction of sp³-hybridized carbons (Fsp3) is 0.269. The molecule has 0 bridgehead atoms. The number of anilines is 2. The molecule has 3 aromatic rings. The molecule has 0 aliphatic carbocycles. The second-order valence-electron chi connectivity index (χ2n) is 8.09. The number of aromatic nitrogens is 1. The number of hydrogen-bond donors (Lipinski definition) is 1. The first kappa shape index (κ1) is 24.3. The van der Waals surface area contributed by atoms with Crippen molar-refractivity contribution in [3.8, 4) is 11.5 Å². The lowest BCUT2D eigenvalue weighted by Crippen LogP contribution is -2.50. The lowest BCUT2D eigenvalue weighted by molar-refractivity contribution is -0.133. The quantitative estimate of drug-likeness (QED) is 0.514. The summed E-state index contributed by atoms with van der Waals surface area (Å²) in [4.78, 5) is 33.2. The Morgan fingerprint density at radius 3 is 2.26 bits per heavy atom. The minimum absolute atomic E-state index is 0.00912. The van der Waals surface area contributed by atoms with Gasteiger partial charge in [0.05, 0.1) is 25.4 Å². The fourth-order valence-corrected chi connectivity index (χ4v) is 3.86. The summed E-state index contributed by atoms with van der Waals surface area (Å²) in [5.74, 6) is 2.01. The van der Waals surface area contributed by atoms with E-state index >= 15 is 0 Å². The van der Waals surface area contributed by atoms with Crippen molar-refractivity contribution in [1.29, 1.82) is 0 Å². The average Bonchev–Trinajstić information content (AvgIpc) is 2.89. The number of nitrogens with one attached hydrogen (secondary N) is 1. The maximum absolute atomic E-state index is 12.5. The Labute approximate surface area is 209 Å². The number of benzene rings is 2. The summed E-state index contributed by atoms with van der Waals surface area (Å²) in [6.07, 6.45) is 1.92. The number of pyridine rings is 1. The predicted molar refractivity (Wildman–Crippen MR) is 135 cm³/mol. The SMILES string of the molecule is COc1ccc(CC(=O)Nc2ccc(N3CCN(C(=O)COc4ccc(Cl)cc4)CC3)nc2)cc1. The molecular weight excluding hydrogens is 468 g/mol. The van der Waals surface area contributed by atoms with Gasteiger partial charge < -0.3 is 24.6 Å². The van der Waals surface area contributed by atoms with Crippen molar-refractivity contribution in [3.05, 3.63) is 77.4 Å². The number of hydrogen-bond acceptors (Lipinski definition) is 6. The standard InChI is InChI=1S/C26H27ClN4O4/c1-34-22-7-2-19(3-8-22)16-25(32)29-21-6-11-24(28-17-21)30-12-14-31(15-13-30)26(33)18-35-23-9-4-20(27)5-10-23/h2-11,17H,12-16,18H2,1H3,(H,29,32). The third kappa shape index (κ3) is 6.86. The number of carbonyl (C=O) groups is 2. The molecule has 2 heterocycles. The molecule has 2 aromatic carbocycles. The molecular formula is C26H27ClN4O4. The maximum atomic E-state index is 12.5. The van der Waals surface area contributed by atoms with Crippen LogP contribution in [0.3, 0.4) is 0 Å². The molecule has 1 aliphatic rings. The van der Waals surface area contributed by atoms with Crippen molar-refractivity contribution in [1.82, 2.24) is 9.88 Å². The van der Waals surface area contributed by atoms with E-state index in [1.165, 1.54) is 0 Å². The third-order valence-corrected chi connectivity index (χ3v) is 5.94. The topological polar surface area (TPSA) is 84.0 Å². The van der Waals surface area contributed by atoms with Crippen LogP contribution in [0, 0.1) is 0 Å². The van der Waals surface area contributed by atoms with Crippen LogP contribution in [0.15, 0.2) is 66.9 Å². The number of piperazine rings is 1. The zero-order valence-corrected chi connectivity index (χ0v) is 20.2. The van der Waals surface area contributed by atoms with E-state index in [0.29, 0.717) is 42.6 Å². The summed E-state index contributed by atoms with van der Waals surface area (Å²) < 4.78 is 10.7. The largest absolute Gasteiger partial charge is 0.497 e. The highest BCUT2D eigenvalue weighted by atomic mass is 35.5. The summed E-state index contributed by atoms with van der Waals surface area (Å²) >= 11 is 5.87. The van der Waals surface area contributed by atoms with Gasteiger partial charge >= 0.3 is 0 Å². The molecule has 1 aromatic heterocycles. The first-order valence-electron chi connectivity index (χ1n) is 11.3. The highest BCUT2D eigenvalue weighted by molar-refractivity contribution is 6.30. The van der Waals surface area contributed by atoms with Crippen molar-refractivity contribution in [2.45, 2.75) is 6.42 Å². The van der Waals surface area contributed by atoms with Crippen LogP contribution in [0.25, 0.3) is 0 Å². The summed E-state index contributed by atoms with van der Waals surface area (Å²) in [7, 11) is 1.61. The number of rotatable bonds is 8. The molecule has 0 atom stereocenters. The fourth-order valence-electron chi connectivity index (χ4n) is 3.73. The Morgan fingerprint density at radius 1 is 0.943 bits per heavy atom. The Bertz CT molecular complexity index is 1130. The van der Waals surface area contributed by atoms with Gasteiger partial charge in [-0.15, -0.1) is 0 Å². The maximum Gasteiger partial charge on any atom is 0.260 e. The molecule has 0 spiro atoms. The highest BCUT2D eigenvalue weighted by Crippen LogP contribution is 2.18. The predicted octanol–water partition coefficient (Wildman–Crippen LogP) is 3.65. The lowest BCUT2D eigenvalue weighted by atomic mass is 10.1. The number of halogens is 1. The molecule has 0 radical (unpaired) electrons. The Balaban J connectivity index is 1.22. The summed E-state index contributed by atoms with van der Waals surface area (Å²) in [6, 6.07) is 18.1. The third-order valence-electron chi connectivity index (χ3n) is 5.69. The van der Waals surface area contributed by atoms with Gasteiger partial charge in [0.2, 0.25) is 5.91 Å². The van der Waals surface area contributed by atoms with Crippen LogP contribution in [0.2, 0.25) is 5.02 Å². The number of methoxy groups -OCH3 is 1. The monoisotopic (exact) mass is 494 g/mol. The Hall–Kier alpha value is -3.78. The zero-order chi connectivity index (χ0) is 24.6. The number of carbonyl (C=O) groups excluding carboxylic acids is 2. The first-order valence-corrected chi connectivity index (χ1v) is 11.7. The normalized spacial score (nSPS) is 13.3. The van der Waals surface area contributed by atoms with Crippen molar-refractivity contribution in [2.24, 2.45) is 0 Å². The minimum Gasteiger partial charge on any atom is -0.497 e. The van der Waals surface area contributed by atoms with Gasteiger partial charge in [-0.1, -0.05) is 23.7 Å². The number of ether oxygens (including phenoxy) is 2. The van der Waals surface area contributed by atoms with E-state index in [1.807, 2.05) is 36.4 Å². The molecule has 0 saturated carbocycles. The van der Waals surface area contributed by atoms with Gasteiger partial charge in [0.25, 0.3) is 5.91 Å². The van der Waals surface area contributed by atoms with Crippen LogP contribution < -0.4 is 19.7 Å². The van der Waals surface area contributed by atoms with E-state index < -0.39 is 0 Å². The molecule has 4 rings (SSSR count). The van der Waals surface area contributed by atoms with E-state index in [1.54, 1.807) is 42.5 Å². The van der Waals surface area contributed by atoms with Crippen molar-refractivity contribution < 1.29 is 19.1 Å². The van der Waals surface area contributed by atoms with Gasteiger partial charge in [0.1, 0.15) is 17.3 Å². The molecule has 182 valence electrons. The zero-order valence-electron chi connectivity index (χ0n) is 19.4. The van der Waals surface area contributed by atoms with E-state index in [4.69, 9.17) is 21.1 Å². The van der Waals surface area contributed by atoms with Gasteiger partial charge in [0.15, 0.2) is 6.61 Å². The second-order valence-corrected chi connectivity index (χ2v) is 8.52. The molecule has 1 fully saturated rings. The van der Waals surface area contributed by atoms with Crippen LogP contribution in [0.4, 0.5) is 11.5 Å². The molecule has 35 heavy (non-hydrogen) atoms. The van der Waals surface area contributed by atoms with Crippen LogP contribution >= 0.6 is 11.6 Å². The molecule has 8 nitrogen and oxygen atoms in total. The molecule has 0 unspecified atom stereocenters. The van der Waals surface area contributed by atoms with Crippen LogP contribution in [-0.4, -0.2) is 61.6 Å². The highest BCUT2D eigenvalue weighted by Gasteiger charge is 2.22. The minimum atomic E-state index is -0.113. The van der Waals surface area contributed by atoms with Crippen LogP contribution in [-0.2, 0) is 16.0 Å². The van der Waals surface area contributed by atoms with Gasteiger partial charge in [0, 0.05) is 31.2 Å². The van der Waals surface area contributed by atoms with E-state index in [9.17, 15) is 9.59 Å². The Morgan fingerprint density at radius 2 is 1.63 bits per heavy atom. The molecule has 1 saturated heterocycles. The lowest BCUT2D eigenvalue weighted by Gasteiger charge is -2.35. The van der Waals surface area contributed by atoms with Crippen LogP contribution in [0.5, 0.6) is 11.5 Å².